The lowest BCUT2D eigenvalue weighted by molar-refractivity contribution is 0.0780. The van der Waals surface area contributed by atoms with E-state index < -0.39 is 0 Å². The van der Waals surface area contributed by atoms with Crippen LogP contribution in [-0.4, -0.2) is 30.4 Å². The van der Waals surface area contributed by atoms with Crippen molar-refractivity contribution in [3.8, 4) is 11.8 Å². The van der Waals surface area contributed by atoms with Crippen molar-refractivity contribution in [2.24, 2.45) is 17.6 Å². The standard InChI is InChI=1S/C17H20N2O/c18-10-4-8-13-5-1-2-9-16(13)17(20)19-11-14-6-3-7-15(14)12-19/h1-2,5,9,14-15H,3,6-7,10-12,18H2. The van der Waals surface area contributed by atoms with E-state index in [2.05, 4.69) is 11.8 Å². The van der Waals surface area contributed by atoms with Gasteiger partial charge in [0, 0.05) is 18.7 Å². The van der Waals surface area contributed by atoms with Crippen LogP contribution in [0.3, 0.4) is 0 Å². The fourth-order valence-electron chi connectivity index (χ4n) is 3.50. The van der Waals surface area contributed by atoms with E-state index in [9.17, 15) is 4.79 Å². The SMILES string of the molecule is NCC#Cc1ccccc1C(=O)N1CC2CCCC2C1. The third-order valence-corrected chi connectivity index (χ3v) is 4.50. The number of fused-ring (bicyclic) bond motifs is 1. The highest BCUT2D eigenvalue weighted by Gasteiger charge is 2.38. The number of rotatable bonds is 1. The number of hydrogen-bond donors (Lipinski definition) is 1. The number of hydrogen-bond acceptors (Lipinski definition) is 2. The summed E-state index contributed by atoms with van der Waals surface area (Å²) < 4.78 is 0. The molecule has 2 N–H and O–H groups in total. The van der Waals surface area contributed by atoms with Crippen molar-refractivity contribution in [1.82, 2.24) is 4.90 Å². The molecule has 3 rings (SSSR count). The van der Waals surface area contributed by atoms with Crippen molar-refractivity contribution >= 4 is 5.91 Å². The highest BCUT2D eigenvalue weighted by atomic mass is 16.2. The monoisotopic (exact) mass is 268 g/mol. The zero-order valence-corrected chi connectivity index (χ0v) is 11.6. The predicted molar refractivity (Wildman–Crippen MR) is 79.1 cm³/mol. The minimum absolute atomic E-state index is 0.126. The molecule has 104 valence electrons. The average molecular weight is 268 g/mol. The zero-order chi connectivity index (χ0) is 13.9. The second kappa shape index (κ2) is 5.68. The number of benzene rings is 1. The summed E-state index contributed by atoms with van der Waals surface area (Å²) in [6, 6.07) is 7.58. The molecule has 1 amide bonds. The van der Waals surface area contributed by atoms with Crippen LogP contribution in [0, 0.1) is 23.7 Å². The molecule has 2 atom stereocenters. The van der Waals surface area contributed by atoms with Crippen molar-refractivity contribution < 1.29 is 4.79 Å². The summed E-state index contributed by atoms with van der Waals surface area (Å²) in [6.07, 6.45) is 3.89. The van der Waals surface area contributed by atoms with Crippen LogP contribution in [0.5, 0.6) is 0 Å². The number of nitrogens with zero attached hydrogens (tertiary/aromatic N) is 1. The summed E-state index contributed by atoms with van der Waals surface area (Å²) in [5.41, 5.74) is 6.93. The molecular formula is C17H20N2O. The minimum atomic E-state index is 0.126. The van der Waals surface area contributed by atoms with E-state index >= 15 is 0 Å². The topological polar surface area (TPSA) is 46.3 Å². The van der Waals surface area contributed by atoms with Crippen LogP contribution in [0.4, 0.5) is 0 Å². The Morgan fingerprint density at radius 1 is 1.25 bits per heavy atom. The number of amides is 1. The van der Waals surface area contributed by atoms with Gasteiger partial charge in [0.05, 0.1) is 12.1 Å². The quantitative estimate of drug-likeness (QED) is 0.790. The number of carbonyl (C=O) groups excluding carboxylic acids is 1. The first-order valence-electron chi connectivity index (χ1n) is 7.37. The molecule has 0 aromatic heterocycles. The van der Waals surface area contributed by atoms with Gasteiger partial charge in [-0.05, 0) is 36.8 Å². The molecule has 0 bridgehead atoms. The number of carbonyl (C=O) groups is 1. The van der Waals surface area contributed by atoms with Crippen LogP contribution in [0.2, 0.25) is 0 Å². The highest BCUT2D eigenvalue weighted by Crippen LogP contribution is 2.38. The smallest absolute Gasteiger partial charge is 0.255 e. The van der Waals surface area contributed by atoms with Gasteiger partial charge >= 0.3 is 0 Å². The Hall–Kier alpha value is -1.79. The lowest BCUT2D eigenvalue weighted by atomic mass is 10.0. The molecule has 0 spiro atoms. The van der Waals surface area contributed by atoms with Gasteiger partial charge in [-0.1, -0.05) is 30.4 Å². The summed E-state index contributed by atoms with van der Waals surface area (Å²) >= 11 is 0. The summed E-state index contributed by atoms with van der Waals surface area (Å²) in [4.78, 5) is 14.7. The molecule has 1 aliphatic carbocycles. The first-order chi connectivity index (χ1) is 9.79. The second-order valence-electron chi connectivity index (χ2n) is 5.71. The lowest BCUT2D eigenvalue weighted by Gasteiger charge is -2.18. The molecular weight excluding hydrogens is 248 g/mol. The molecule has 1 aromatic rings. The first-order valence-corrected chi connectivity index (χ1v) is 7.37. The Kier molecular flexibility index (Phi) is 3.75. The molecule has 0 radical (unpaired) electrons. The van der Waals surface area contributed by atoms with Crippen molar-refractivity contribution in [3.05, 3.63) is 35.4 Å². The van der Waals surface area contributed by atoms with Crippen LogP contribution in [-0.2, 0) is 0 Å². The highest BCUT2D eigenvalue weighted by molar-refractivity contribution is 5.97. The largest absolute Gasteiger partial charge is 0.338 e. The molecule has 2 fully saturated rings. The van der Waals surface area contributed by atoms with Gasteiger partial charge in [0.15, 0.2) is 0 Å². The number of nitrogens with two attached hydrogens (primary N) is 1. The van der Waals surface area contributed by atoms with Crippen LogP contribution < -0.4 is 5.73 Å². The molecule has 1 aliphatic heterocycles. The molecule has 20 heavy (non-hydrogen) atoms. The molecule has 1 saturated carbocycles. The van der Waals surface area contributed by atoms with Gasteiger partial charge in [0.1, 0.15) is 0 Å². The number of likely N-dealkylation sites (tertiary alicyclic amines) is 1. The molecule has 1 heterocycles. The van der Waals surface area contributed by atoms with Crippen molar-refractivity contribution in [1.29, 1.82) is 0 Å². The van der Waals surface area contributed by atoms with Crippen molar-refractivity contribution in [2.45, 2.75) is 19.3 Å². The maximum absolute atomic E-state index is 12.7. The molecule has 2 unspecified atom stereocenters. The van der Waals surface area contributed by atoms with Gasteiger partial charge in [-0.15, -0.1) is 0 Å². The van der Waals surface area contributed by atoms with E-state index in [1.54, 1.807) is 0 Å². The van der Waals surface area contributed by atoms with Gasteiger partial charge in [0.25, 0.3) is 5.91 Å². The van der Waals surface area contributed by atoms with E-state index in [1.807, 2.05) is 29.2 Å². The lowest BCUT2D eigenvalue weighted by Crippen LogP contribution is -2.30. The zero-order valence-electron chi connectivity index (χ0n) is 11.6. The van der Waals surface area contributed by atoms with E-state index in [0.29, 0.717) is 12.1 Å². The van der Waals surface area contributed by atoms with Gasteiger partial charge < -0.3 is 10.6 Å². The van der Waals surface area contributed by atoms with Crippen molar-refractivity contribution in [2.75, 3.05) is 19.6 Å². The molecule has 3 nitrogen and oxygen atoms in total. The van der Waals surface area contributed by atoms with Gasteiger partial charge in [-0.25, -0.2) is 0 Å². The molecule has 3 heteroatoms. The summed E-state index contributed by atoms with van der Waals surface area (Å²) in [5.74, 6) is 7.42. The predicted octanol–water partition coefficient (Wildman–Crippen LogP) is 1.87. The minimum Gasteiger partial charge on any atom is -0.338 e. The maximum atomic E-state index is 12.7. The van der Waals surface area contributed by atoms with Crippen molar-refractivity contribution in [3.63, 3.8) is 0 Å². The Morgan fingerprint density at radius 3 is 2.65 bits per heavy atom. The Balaban J connectivity index is 1.81. The Bertz CT molecular complexity index is 558. The van der Waals surface area contributed by atoms with Crippen LogP contribution in [0.15, 0.2) is 24.3 Å². The Morgan fingerprint density at radius 2 is 1.95 bits per heavy atom. The van der Waals surface area contributed by atoms with Gasteiger partial charge in [0.2, 0.25) is 0 Å². The average Bonchev–Trinajstić information content (AvgIpc) is 3.06. The third kappa shape index (κ3) is 2.44. The summed E-state index contributed by atoms with van der Waals surface area (Å²) in [5, 5.41) is 0. The Labute approximate surface area is 120 Å². The summed E-state index contributed by atoms with van der Waals surface area (Å²) in [6.45, 7) is 2.15. The van der Waals surface area contributed by atoms with Gasteiger partial charge in [-0.2, -0.15) is 0 Å². The molecule has 1 aromatic carbocycles. The summed E-state index contributed by atoms with van der Waals surface area (Å²) in [7, 11) is 0. The van der Waals surface area contributed by atoms with E-state index in [-0.39, 0.29) is 5.91 Å². The molecule has 2 aliphatic rings. The first kappa shape index (κ1) is 13.2. The van der Waals surface area contributed by atoms with E-state index in [0.717, 1.165) is 30.5 Å². The van der Waals surface area contributed by atoms with Crippen LogP contribution in [0.1, 0.15) is 35.2 Å². The van der Waals surface area contributed by atoms with Gasteiger partial charge in [-0.3, -0.25) is 4.79 Å². The van der Waals surface area contributed by atoms with E-state index in [1.165, 1.54) is 19.3 Å². The molecule has 1 saturated heterocycles. The third-order valence-electron chi connectivity index (χ3n) is 4.50. The maximum Gasteiger partial charge on any atom is 0.255 e. The fraction of sp³-hybridized carbons (Fsp3) is 0.471. The normalized spacial score (nSPS) is 24.1. The van der Waals surface area contributed by atoms with Crippen LogP contribution in [0.25, 0.3) is 0 Å². The van der Waals surface area contributed by atoms with E-state index in [4.69, 9.17) is 5.73 Å². The fourth-order valence-corrected chi connectivity index (χ4v) is 3.50. The second-order valence-corrected chi connectivity index (χ2v) is 5.71. The van der Waals surface area contributed by atoms with Crippen LogP contribution >= 0.6 is 0 Å².